The van der Waals surface area contributed by atoms with Gasteiger partial charge in [-0.3, -0.25) is 0 Å². The number of carbonyl (C=O) groups is 1. The first-order valence-corrected chi connectivity index (χ1v) is 6.34. The Morgan fingerprint density at radius 3 is 2.55 bits per heavy atom. The average Bonchev–Trinajstić information content (AvgIpc) is 2.93. The van der Waals surface area contributed by atoms with Gasteiger partial charge in [-0.25, -0.2) is 4.79 Å². The van der Waals surface area contributed by atoms with Crippen molar-refractivity contribution in [2.45, 2.75) is 19.4 Å². The number of carbonyl (C=O) groups excluding carboxylic acids is 1. The molecule has 20 heavy (non-hydrogen) atoms. The molecule has 0 bridgehead atoms. The highest BCUT2D eigenvalue weighted by Crippen LogP contribution is 2.11. The molecule has 7 heteroatoms. The van der Waals surface area contributed by atoms with Crippen molar-refractivity contribution in [1.82, 2.24) is 20.3 Å². The number of rotatable bonds is 5. The maximum Gasteiger partial charge on any atom is 0.319 e. The van der Waals surface area contributed by atoms with Crippen LogP contribution < -0.4 is 10.6 Å². The van der Waals surface area contributed by atoms with Gasteiger partial charge in [0.1, 0.15) is 0 Å². The number of aliphatic hydroxyl groups excluding tert-OH is 1. The summed E-state index contributed by atoms with van der Waals surface area (Å²) >= 11 is 0. The Labute approximate surface area is 116 Å². The van der Waals surface area contributed by atoms with E-state index < -0.39 is 0 Å². The molecule has 0 aliphatic carbocycles. The number of urea groups is 1. The summed E-state index contributed by atoms with van der Waals surface area (Å²) in [6.45, 7) is 1.88. The van der Waals surface area contributed by atoms with Crippen LogP contribution in [0.15, 0.2) is 36.7 Å². The molecule has 0 saturated heterocycles. The zero-order chi connectivity index (χ0) is 14.4. The summed E-state index contributed by atoms with van der Waals surface area (Å²) in [6.07, 6.45) is 3.72. The molecule has 0 radical (unpaired) electrons. The van der Waals surface area contributed by atoms with Crippen molar-refractivity contribution in [3.8, 4) is 5.69 Å². The molecule has 2 aromatic rings. The van der Waals surface area contributed by atoms with Crippen LogP contribution in [0.3, 0.4) is 0 Å². The SMILES string of the molecule is C[C@H](CCO)NC(=O)Nc1ccc(-n2nccn2)cc1. The van der Waals surface area contributed by atoms with E-state index in [1.807, 2.05) is 19.1 Å². The zero-order valence-corrected chi connectivity index (χ0v) is 11.2. The first kappa shape index (κ1) is 14.0. The largest absolute Gasteiger partial charge is 0.396 e. The molecule has 0 unspecified atom stereocenters. The summed E-state index contributed by atoms with van der Waals surface area (Å²) in [5.41, 5.74) is 1.49. The molecule has 1 aromatic carbocycles. The Morgan fingerprint density at radius 1 is 1.30 bits per heavy atom. The second-order valence-electron chi connectivity index (χ2n) is 4.38. The highest BCUT2D eigenvalue weighted by molar-refractivity contribution is 5.89. The van der Waals surface area contributed by atoms with E-state index in [1.165, 1.54) is 4.80 Å². The van der Waals surface area contributed by atoms with Crippen molar-refractivity contribution in [1.29, 1.82) is 0 Å². The van der Waals surface area contributed by atoms with Gasteiger partial charge in [0.15, 0.2) is 0 Å². The van der Waals surface area contributed by atoms with Gasteiger partial charge in [-0.15, -0.1) is 0 Å². The summed E-state index contributed by atoms with van der Waals surface area (Å²) in [4.78, 5) is 13.2. The highest BCUT2D eigenvalue weighted by atomic mass is 16.3. The molecule has 2 rings (SSSR count). The van der Waals surface area contributed by atoms with Gasteiger partial charge in [-0.05, 0) is 37.6 Å². The maximum atomic E-state index is 11.7. The van der Waals surface area contributed by atoms with E-state index in [0.717, 1.165) is 5.69 Å². The minimum absolute atomic E-state index is 0.0486. The first-order chi connectivity index (χ1) is 9.69. The number of nitrogens with one attached hydrogen (secondary N) is 2. The topological polar surface area (TPSA) is 92.1 Å². The lowest BCUT2D eigenvalue weighted by Gasteiger charge is -2.13. The van der Waals surface area contributed by atoms with Crippen molar-refractivity contribution < 1.29 is 9.90 Å². The van der Waals surface area contributed by atoms with E-state index in [0.29, 0.717) is 12.1 Å². The number of hydrogen-bond donors (Lipinski definition) is 3. The summed E-state index contributed by atoms with van der Waals surface area (Å²) in [7, 11) is 0. The standard InChI is InChI=1S/C13H17N5O2/c1-10(6-9-19)16-13(20)17-11-2-4-12(5-3-11)18-14-7-8-15-18/h2-5,7-8,10,19H,6,9H2,1H3,(H2,16,17,20)/t10-/m1/s1. The Kier molecular flexibility index (Phi) is 4.67. The molecule has 1 heterocycles. The lowest BCUT2D eigenvalue weighted by molar-refractivity contribution is 0.241. The van der Waals surface area contributed by atoms with Gasteiger partial charge in [-0.1, -0.05) is 0 Å². The van der Waals surface area contributed by atoms with Gasteiger partial charge in [-0.2, -0.15) is 15.0 Å². The normalized spacial score (nSPS) is 11.9. The van der Waals surface area contributed by atoms with Crippen LogP contribution >= 0.6 is 0 Å². The van der Waals surface area contributed by atoms with Crippen LogP contribution in [0.5, 0.6) is 0 Å². The minimum atomic E-state index is -0.295. The van der Waals surface area contributed by atoms with Gasteiger partial charge < -0.3 is 15.7 Å². The van der Waals surface area contributed by atoms with Crippen molar-refractivity contribution in [2.24, 2.45) is 0 Å². The Hall–Kier alpha value is -2.41. The Morgan fingerprint density at radius 2 is 1.95 bits per heavy atom. The molecule has 0 saturated carbocycles. The van der Waals surface area contributed by atoms with Crippen LogP contribution in [0.4, 0.5) is 10.5 Å². The van der Waals surface area contributed by atoms with E-state index in [2.05, 4.69) is 20.8 Å². The zero-order valence-electron chi connectivity index (χ0n) is 11.2. The maximum absolute atomic E-state index is 11.7. The van der Waals surface area contributed by atoms with E-state index in [9.17, 15) is 4.79 Å². The van der Waals surface area contributed by atoms with Crippen molar-refractivity contribution >= 4 is 11.7 Å². The third-order valence-corrected chi connectivity index (χ3v) is 2.71. The van der Waals surface area contributed by atoms with Crippen molar-refractivity contribution in [3.05, 3.63) is 36.7 Å². The second-order valence-corrected chi connectivity index (χ2v) is 4.38. The minimum Gasteiger partial charge on any atom is -0.396 e. The number of amides is 2. The van der Waals surface area contributed by atoms with E-state index in [1.54, 1.807) is 24.5 Å². The van der Waals surface area contributed by atoms with E-state index >= 15 is 0 Å². The number of aliphatic hydroxyl groups is 1. The molecule has 0 aliphatic heterocycles. The summed E-state index contributed by atoms with van der Waals surface area (Å²) < 4.78 is 0. The summed E-state index contributed by atoms with van der Waals surface area (Å²) in [5, 5.41) is 22.3. The number of hydrogen-bond acceptors (Lipinski definition) is 4. The van der Waals surface area contributed by atoms with Crippen LogP contribution in [-0.2, 0) is 0 Å². The Balaban J connectivity index is 1.92. The van der Waals surface area contributed by atoms with Crippen LogP contribution in [0.2, 0.25) is 0 Å². The van der Waals surface area contributed by atoms with Gasteiger partial charge >= 0.3 is 6.03 Å². The molecule has 1 atom stereocenters. The Bertz CT molecular complexity index is 538. The molecule has 0 spiro atoms. The van der Waals surface area contributed by atoms with Gasteiger partial charge in [0.05, 0.1) is 18.1 Å². The molecule has 0 fully saturated rings. The number of aromatic nitrogens is 3. The highest BCUT2D eigenvalue weighted by Gasteiger charge is 2.07. The number of nitrogens with zero attached hydrogens (tertiary/aromatic N) is 3. The fraction of sp³-hybridized carbons (Fsp3) is 0.308. The first-order valence-electron chi connectivity index (χ1n) is 6.34. The van der Waals surface area contributed by atoms with Crippen LogP contribution in [0.25, 0.3) is 5.69 Å². The summed E-state index contributed by atoms with van der Waals surface area (Å²) in [6, 6.07) is 6.80. The van der Waals surface area contributed by atoms with Crippen LogP contribution in [0.1, 0.15) is 13.3 Å². The molecule has 2 amide bonds. The molecular weight excluding hydrogens is 258 g/mol. The predicted molar refractivity (Wildman–Crippen MR) is 74.7 cm³/mol. The number of anilines is 1. The fourth-order valence-electron chi connectivity index (χ4n) is 1.68. The van der Waals surface area contributed by atoms with E-state index in [-0.39, 0.29) is 18.7 Å². The molecular formula is C13H17N5O2. The molecule has 0 aliphatic rings. The average molecular weight is 275 g/mol. The van der Waals surface area contributed by atoms with E-state index in [4.69, 9.17) is 5.11 Å². The molecule has 1 aromatic heterocycles. The predicted octanol–water partition coefficient (Wildman–Crippen LogP) is 1.16. The monoisotopic (exact) mass is 275 g/mol. The lowest BCUT2D eigenvalue weighted by atomic mass is 10.2. The summed E-state index contributed by atoms with van der Waals surface area (Å²) in [5.74, 6) is 0. The third kappa shape index (κ3) is 3.79. The molecule has 3 N–H and O–H groups in total. The van der Waals surface area contributed by atoms with Crippen LogP contribution in [-0.4, -0.2) is 38.8 Å². The smallest absolute Gasteiger partial charge is 0.319 e. The molecule has 7 nitrogen and oxygen atoms in total. The third-order valence-electron chi connectivity index (χ3n) is 2.71. The second kappa shape index (κ2) is 6.67. The number of benzene rings is 1. The van der Waals surface area contributed by atoms with Crippen LogP contribution in [0, 0.1) is 0 Å². The quantitative estimate of drug-likeness (QED) is 0.763. The molecule has 106 valence electrons. The van der Waals surface area contributed by atoms with Crippen molar-refractivity contribution in [3.63, 3.8) is 0 Å². The fourth-order valence-corrected chi connectivity index (χ4v) is 1.68. The van der Waals surface area contributed by atoms with Crippen molar-refractivity contribution in [2.75, 3.05) is 11.9 Å². The van der Waals surface area contributed by atoms with Gasteiger partial charge in [0, 0.05) is 18.3 Å². The van der Waals surface area contributed by atoms with Gasteiger partial charge in [0.25, 0.3) is 0 Å². The van der Waals surface area contributed by atoms with Gasteiger partial charge in [0.2, 0.25) is 0 Å². The lowest BCUT2D eigenvalue weighted by Crippen LogP contribution is -2.36.